The summed E-state index contributed by atoms with van der Waals surface area (Å²) >= 11 is 0. The van der Waals surface area contributed by atoms with Crippen LogP contribution in [0.4, 0.5) is 5.69 Å². The summed E-state index contributed by atoms with van der Waals surface area (Å²) in [5.41, 5.74) is 3.44. The van der Waals surface area contributed by atoms with Gasteiger partial charge in [0.25, 0.3) is 0 Å². The van der Waals surface area contributed by atoms with Crippen molar-refractivity contribution in [2.24, 2.45) is 5.92 Å². The molecule has 2 aromatic carbocycles. The lowest BCUT2D eigenvalue weighted by atomic mass is 9.96. The van der Waals surface area contributed by atoms with Crippen molar-refractivity contribution in [2.45, 2.75) is 26.3 Å². The molecule has 0 atom stereocenters. The highest BCUT2D eigenvalue weighted by atomic mass is 16.2. The van der Waals surface area contributed by atoms with Gasteiger partial charge in [0.2, 0.25) is 5.91 Å². The summed E-state index contributed by atoms with van der Waals surface area (Å²) < 4.78 is 0. The van der Waals surface area contributed by atoms with E-state index in [9.17, 15) is 4.79 Å². The molecular weight excluding hydrogens is 334 g/mol. The van der Waals surface area contributed by atoms with Crippen LogP contribution in [0.25, 0.3) is 0 Å². The third-order valence-corrected chi connectivity index (χ3v) is 5.27. The third-order valence-electron chi connectivity index (χ3n) is 5.27. The number of hydrogen-bond acceptors (Lipinski definition) is 3. The van der Waals surface area contributed by atoms with Gasteiger partial charge >= 0.3 is 0 Å². The fourth-order valence-electron chi connectivity index (χ4n) is 3.77. The minimum Gasteiger partial charge on any atom is -0.325 e. The number of rotatable bonds is 7. The first-order valence-electron chi connectivity index (χ1n) is 9.90. The van der Waals surface area contributed by atoms with Gasteiger partial charge in [-0.2, -0.15) is 0 Å². The zero-order valence-corrected chi connectivity index (χ0v) is 16.5. The third kappa shape index (κ3) is 6.49. The predicted octanol–water partition coefficient (Wildman–Crippen LogP) is 3.78. The average Bonchev–Trinajstić information content (AvgIpc) is 2.66. The summed E-state index contributed by atoms with van der Waals surface area (Å²) in [6, 6.07) is 18.6. The van der Waals surface area contributed by atoms with Crippen LogP contribution in [0.1, 0.15) is 24.0 Å². The second kappa shape index (κ2) is 9.67. The van der Waals surface area contributed by atoms with E-state index in [1.54, 1.807) is 0 Å². The Balaban J connectivity index is 1.37. The van der Waals surface area contributed by atoms with Gasteiger partial charge in [-0.15, -0.1) is 0 Å². The number of hydrogen-bond donors (Lipinski definition) is 1. The first-order chi connectivity index (χ1) is 13.1. The van der Waals surface area contributed by atoms with Crippen LogP contribution in [0.15, 0.2) is 54.6 Å². The molecular formula is C23H31N3O. The summed E-state index contributed by atoms with van der Waals surface area (Å²) in [5.74, 6) is 0.800. The Hall–Kier alpha value is -2.17. The van der Waals surface area contributed by atoms with E-state index >= 15 is 0 Å². The van der Waals surface area contributed by atoms with Crippen LogP contribution < -0.4 is 5.32 Å². The minimum absolute atomic E-state index is 0.0819. The fraction of sp³-hybridized carbons (Fsp3) is 0.435. The van der Waals surface area contributed by atoms with E-state index in [-0.39, 0.29) is 5.91 Å². The monoisotopic (exact) mass is 365 g/mol. The van der Waals surface area contributed by atoms with E-state index in [2.05, 4.69) is 52.5 Å². The van der Waals surface area contributed by atoms with E-state index in [0.29, 0.717) is 6.54 Å². The van der Waals surface area contributed by atoms with E-state index in [0.717, 1.165) is 50.6 Å². The maximum absolute atomic E-state index is 12.3. The van der Waals surface area contributed by atoms with Gasteiger partial charge in [0.05, 0.1) is 6.54 Å². The highest BCUT2D eigenvalue weighted by Crippen LogP contribution is 2.19. The Bertz CT molecular complexity index is 706. The van der Waals surface area contributed by atoms with Crippen molar-refractivity contribution in [1.82, 2.24) is 9.80 Å². The molecule has 1 aliphatic rings. The number of piperidine rings is 1. The fourth-order valence-corrected chi connectivity index (χ4v) is 3.77. The van der Waals surface area contributed by atoms with Gasteiger partial charge in [0.1, 0.15) is 0 Å². The van der Waals surface area contributed by atoms with Crippen molar-refractivity contribution < 1.29 is 4.79 Å². The number of nitrogens with zero attached hydrogens (tertiary/aromatic N) is 2. The molecule has 0 aromatic heterocycles. The molecule has 1 fully saturated rings. The number of benzene rings is 2. The molecule has 4 nitrogen and oxygen atoms in total. The number of nitrogens with one attached hydrogen (secondary N) is 1. The van der Waals surface area contributed by atoms with Gasteiger partial charge in [0, 0.05) is 18.8 Å². The highest BCUT2D eigenvalue weighted by Gasteiger charge is 2.22. The van der Waals surface area contributed by atoms with Crippen molar-refractivity contribution in [1.29, 1.82) is 0 Å². The Labute approximate surface area is 163 Å². The van der Waals surface area contributed by atoms with Gasteiger partial charge in [-0.25, -0.2) is 0 Å². The van der Waals surface area contributed by atoms with Crippen molar-refractivity contribution in [3.63, 3.8) is 0 Å². The molecule has 0 aliphatic carbocycles. The lowest BCUT2D eigenvalue weighted by molar-refractivity contribution is -0.117. The standard InChI is InChI=1S/C23H31N3O/c1-19-8-10-22(11-9-19)24-23(27)18-26-14-12-21(13-15-26)17-25(2)16-20-6-4-3-5-7-20/h3-11,21H,12-18H2,1-2H3,(H,24,27). The molecule has 1 saturated heterocycles. The first kappa shape index (κ1) is 19.6. The molecule has 0 unspecified atom stereocenters. The van der Waals surface area contributed by atoms with Crippen molar-refractivity contribution in [3.8, 4) is 0 Å². The molecule has 144 valence electrons. The first-order valence-corrected chi connectivity index (χ1v) is 9.90. The summed E-state index contributed by atoms with van der Waals surface area (Å²) in [6.07, 6.45) is 2.33. The molecule has 0 saturated carbocycles. The molecule has 4 heteroatoms. The Morgan fingerprint density at radius 1 is 1.07 bits per heavy atom. The summed E-state index contributed by atoms with van der Waals surface area (Å²) in [6.45, 7) is 6.67. The second-order valence-electron chi connectivity index (χ2n) is 7.82. The molecule has 2 aromatic rings. The largest absolute Gasteiger partial charge is 0.325 e. The van der Waals surface area contributed by atoms with Crippen LogP contribution in [0.5, 0.6) is 0 Å². The molecule has 3 rings (SSSR count). The van der Waals surface area contributed by atoms with E-state index in [1.165, 1.54) is 11.1 Å². The van der Waals surface area contributed by atoms with Crippen LogP contribution in [0, 0.1) is 12.8 Å². The molecule has 1 N–H and O–H groups in total. The summed E-state index contributed by atoms with van der Waals surface area (Å²) in [5, 5.41) is 3.00. The summed E-state index contributed by atoms with van der Waals surface area (Å²) in [7, 11) is 2.20. The normalized spacial score (nSPS) is 15.8. The van der Waals surface area contributed by atoms with Crippen LogP contribution in [-0.4, -0.2) is 48.9 Å². The maximum atomic E-state index is 12.3. The van der Waals surface area contributed by atoms with Gasteiger partial charge in [-0.1, -0.05) is 48.0 Å². The lowest BCUT2D eigenvalue weighted by Gasteiger charge is -2.33. The highest BCUT2D eigenvalue weighted by molar-refractivity contribution is 5.92. The van der Waals surface area contributed by atoms with Gasteiger partial charge < -0.3 is 10.2 Å². The van der Waals surface area contributed by atoms with Gasteiger partial charge in [0.15, 0.2) is 0 Å². The molecule has 0 spiro atoms. The number of carbonyl (C=O) groups excluding carboxylic acids is 1. The summed E-state index contributed by atoms with van der Waals surface area (Å²) in [4.78, 5) is 17.0. The number of carbonyl (C=O) groups is 1. The molecule has 1 amide bonds. The SMILES string of the molecule is Cc1ccc(NC(=O)CN2CCC(CN(C)Cc3ccccc3)CC2)cc1. The number of anilines is 1. The maximum Gasteiger partial charge on any atom is 0.238 e. The van der Waals surface area contributed by atoms with Crippen LogP contribution in [0.3, 0.4) is 0 Å². The smallest absolute Gasteiger partial charge is 0.238 e. The number of amides is 1. The lowest BCUT2D eigenvalue weighted by Crippen LogP contribution is -2.41. The Kier molecular flexibility index (Phi) is 7.02. The van der Waals surface area contributed by atoms with Crippen LogP contribution >= 0.6 is 0 Å². The van der Waals surface area contributed by atoms with E-state index < -0.39 is 0 Å². The van der Waals surface area contributed by atoms with Gasteiger partial charge in [-0.05, 0) is 63.5 Å². The van der Waals surface area contributed by atoms with E-state index in [1.807, 2.05) is 31.2 Å². The van der Waals surface area contributed by atoms with Crippen LogP contribution in [-0.2, 0) is 11.3 Å². The Morgan fingerprint density at radius 2 is 1.74 bits per heavy atom. The van der Waals surface area contributed by atoms with Crippen molar-refractivity contribution >= 4 is 11.6 Å². The Morgan fingerprint density at radius 3 is 2.41 bits per heavy atom. The second-order valence-corrected chi connectivity index (χ2v) is 7.82. The molecule has 1 aliphatic heterocycles. The quantitative estimate of drug-likeness (QED) is 0.811. The zero-order chi connectivity index (χ0) is 19.1. The van der Waals surface area contributed by atoms with Crippen molar-refractivity contribution in [3.05, 3.63) is 65.7 Å². The predicted molar refractivity (Wildman–Crippen MR) is 112 cm³/mol. The molecule has 0 radical (unpaired) electrons. The van der Waals surface area contributed by atoms with Crippen LogP contribution in [0.2, 0.25) is 0 Å². The van der Waals surface area contributed by atoms with Gasteiger partial charge in [-0.3, -0.25) is 9.69 Å². The average molecular weight is 366 g/mol. The molecule has 0 bridgehead atoms. The van der Waals surface area contributed by atoms with E-state index in [4.69, 9.17) is 0 Å². The topological polar surface area (TPSA) is 35.6 Å². The number of likely N-dealkylation sites (tertiary alicyclic amines) is 1. The minimum atomic E-state index is 0.0819. The molecule has 27 heavy (non-hydrogen) atoms. The number of aryl methyl sites for hydroxylation is 1. The molecule has 1 heterocycles. The zero-order valence-electron chi connectivity index (χ0n) is 16.5. The van der Waals surface area contributed by atoms with Crippen molar-refractivity contribution in [2.75, 3.05) is 38.5 Å².